The molecule has 0 saturated heterocycles. The van der Waals surface area contributed by atoms with Crippen molar-refractivity contribution in [1.29, 1.82) is 0 Å². The van der Waals surface area contributed by atoms with Gasteiger partial charge in [-0.1, -0.05) is 23.4 Å². The first-order chi connectivity index (χ1) is 7.29. The number of fused-ring (bicyclic) bond motifs is 3. The van der Waals surface area contributed by atoms with E-state index >= 15 is 0 Å². The van der Waals surface area contributed by atoms with Crippen LogP contribution in [-0.2, 0) is 7.05 Å². The lowest BCUT2D eigenvalue weighted by molar-refractivity contribution is 0.428. The first kappa shape index (κ1) is 8.23. The molecule has 0 N–H and O–H groups in total. The van der Waals surface area contributed by atoms with Gasteiger partial charge in [0, 0.05) is 12.4 Å². The number of rotatable bonds is 0. The third-order valence-electron chi connectivity index (χ3n) is 2.63. The van der Waals surface area contributed by atoms with E-state index in [1.54, 1.807) is 11.6 Å². The lowest BCUT2D eigenvalue weighted by atomic mass is 10.1. The molecule has 0 saturated carbocycles. The van der Waals surface area contributed by atoms with E-state index < -0.39 is 0 Å². The summed E-state index contributed by atoms with van der Waals surface area (Å²) in [7, 11) is 1.75. The SMILES string of the molecule is Cn1c(=O)c2conc2c2ccccc21. The Hall–Kier alpha value is -2.10. The Labute approximate surface area is 84.7 Å². The lowest BCUT2D eigenvalue weighted by Gasteiger charge is -2.03. The van der Waals surface area contributed by atoms with Gasteiger partial charge in [-0.2, -0.15) is 0 Å². The highest BCUT2D eigenvalue weighted by Crippen LogP contribution is 2.20. The molecule has 0 spiro atoms. The van der Waals surface area contributed by atoms with Crippen LogP contribution in [0.15, 0.2) is 39.8 Å². The quantitative estimate of drug-likeness (QED) is 0.554. The molecule has 0 aliphatic carbocycles. The van der Waals surface area contributed by atoms with Gasteiger partial charge in [-0.05, 0) is 6.07 Å². The van der Waals surface area contributed by atoms with Crippen LogP contribution in [0.3, 0.4) is 0 Å². The Morgan fingerprint density at radius 3 is 2.93 bits per heavy atom. The molecule has 2 heterocycles. The molecule has 0 fully saturated rings. The molecule has 15 heavy (non-hydrogen) atoms. The van der Waals surface area contributed by atoms with Crippen LogP contribution in [0.1, 0.15) is 0 Å². The van der Waals surface area contributed by atoms with Gasteiger partial charge in [0.15, 0.2) is 0 Å². The molecule has 0 amide bonds. The number of hydrogen-bond acceptors (Lipinski definition) is 3. The summed E-state index contributed by atoms with van der Waals surface area (Å²) in [5.41, 5.74) is 1.42. The second kappa shape index (κ2) is 2.70. The highest BCUT2D eigenvalue weighted by molar-refractivity contribution is 6.02. The Kier molecular flexibility index (Phi) is 1.48. The van der Waals surface area contributed by atoms with E-state index in [1.165, 1.54) is 6.26 Å². The van der Waals surface area contributed by atoms with Crippen molar-refractivity contribution in [2.75, 3.05) is 0 Å². The monoisotopic (exact) mass is 200 g/mol. The van der Waals surface area contributed by atoms with Crippen molar-refractivity contribution >= 4 is 21.8 Å². The second-order valence-electron chi connectivity index (χ2n) is 3.46. The van der Waals surface area contributed by atoms with Crippen LogP contribution >= 0.6 is 0 Å². The van der Waals surface area contributed by atoms with Crippen LogP contribution in [-0.4, -0.2) is 9.72 Å². The van der Waals surface area contributed by atoms with Crippen LogP contribution in [0.2, 0.25) is 0 Å². The molecule has 3 aromatic rings. The number of nitrogens with zero attached hydrogens (tertiary/aromatic N) is 2. The third-order valence-corrected chi connectivity index (χ3v) is 2.63. The molecule has 0 bridgehead atoms. The summed E-state index contributed by atoms with van der Waals surface area (Å²) in [6.07, 6.45) is 1.39. The zero-order valence-electron chi connectivity index (χ0n) is 8.10. The molecular weight excluding hydrogens is 192 g/mol. The highest BCUT2D eigenvalue weighted by Gasteiger charge is 2.10. The number of benzene rings is 1. The van der Waals surface area contributed by atoms with Crippen LogP contribution in [0.5, 0.6) is 0 Å². The van der Waals surface area contributed by atoms with Crippen molar-refractivity contribution in [3.63, 3.8) is 0 Å². The predicted octanol–water partition coefficient (Wildman–Crippen LogP) is 1.68. The standard InChI is InChI=1S/C11H8N2O2/c1-13-9-5-3-2-4-7(9)10-8(11(13)14)6-15-12-10/h2-6H,1H3. The second-order valence-corrected chi connectivity index (χ2v) is 3.46. The van der Waals surface area contributed by atoms with E-state index in [2.05, 4.69) is 5.16 Å². The van der Waals surface area contributed by atoms with E-state index in [0.29, 0.717) is 10.9 Å². The Bertz CT molecular complexity index is 709. The number of para-hydroxylation sites is 1. The summed E-state index contributed by atoms with van der Waals surface area (Å²) in [5.74, 6) is 0. The Morgan fingerprint density at radius 1 is 1.27 bits per heavy atom. The molecular formula is C11H8N2O2. The van der Waals surface area contributed by atoms with Crippen molar-refractivity contribution < 1.29 is 4.52 Å². The molecule has 0 unspecified atom stereocenters. The summed E-state index contributed by atoms with van der Waals surface area (Å²) in [6, 6.07) is 7.64. The molecule has 0 aliphatic heterocycles. The molecule has 4 nitrogen and oxygen atoms in total. The zero-order valence-corrected chi connectivity index (χ0v) is 8.10. The van der Waals surface area contributed by atoms with Gasteiger partial charge >= 0.3 is 0 Å². The summed E-state index contributed by atoms with van der Waals surface area (Å²) < 4.78 is 6.45. The first-order valence-electron chi connectivity index (χ1n) is 4.61. The van der Waals surface area contributed by atoms with Crippen molar-refractivity contribution in [2.24, 2.45) is 7.05 Å². The van der Waals surface area contributed by atoms with E-state index in [9.17, 15) is 4.79 Å². The van der Waals surface area contributed by atoms with E-state index in [4.69, 9.17) is 4.52 Å². The molecule has 1 aromatic carbocycles. The van der Waals surface area contributed by atoms with Gasteiger partial charge in [0.2, 0.25) is 0 Å². The largest absolute Gasteiger partial charge is 0.363 e. The molecule has 0 atom stereocenters. The molecule has 3 rings (SSSR count). The summed E-state index contributed by atoms with van der Waals surface area (Å²) in [6.45, 7) is 0. The van der Waals surface area contributed by atoms with Crippen LogP contribution < -0.4 is 5.56 Å². The van der Waals surface area contributed by atoms with Crippen molar-refractivity contribution in [1.82, 2.24) is 9.72 Å². The van der Waals surface area contributed by atoms with Gasteiger partial charge in [-0.25, -0.2) is 0 Å². The smallest absolute Gasteiger partial charge is 0.263 e. The van der Waals surface area contributed by atoms with Gasteiger partial charge in [0.1, 0.15) is 17.2 Å². The number of pyridine rings is 1. The normalized spacial score (nSPS) is 11.3. The molecule has 0 aliphatic rings. The van der Waals surface area contributed by atoms with Crippen LogP contribution in [0, 0.1) is 0 Å². The highest BCUT2D eigenvalue weighted by atomic mass is 16.5. The third kappa shape index (κ3) is 0.958. The van der Waals surface area contributed by atoms with Crippen LogP contribution in [0.4, 0.5) is 0 Å². The van der Waals surface area contributed by atoms with E-state index in [-0.39, 0.29) is 5.56 Å². The number of aryl methyl sites for hydroxylation is 1. The minimum Gasteiger partial charge on any atom is -0.363 e. The van der Waals surface area contributed by atoms with E-state index in [1.807, 2.05) is 24.3 Å². The molecule has 2 aromatic heterocycles. The molecule has 74 valence electrons. The number of aromatic nitrogens is 2. The lowest BCUT2D eigenvalue weighted by Crippen LogP contribution is -2.16. The molecule has 4 heteroatoms. The maximum absolute atomic E-state index is 11.9. The summed E-state index contributed by atoms with van der Waals surface area (Å²) >= 11 is 0. The Morgan fingerprint density at radius 2 is 2.07 bits per heavy atom. The fraction of sp³-hybridized carbons (Fsp3) is 0.0909. The maximum atomic E-state index is 11.9. The fourth-order valence-electron chi connectivity index (χ4n) is 1.84. The topological polar surface area (TPSA) is 48.0 Å². The van der Waals surface area contributed by atoms with Gasteiger partial charge in [0.25, 0.3) is 5.56 Å². The number of hydrogen-bond donors (Lipinski definition) is 0. The fourth-order valence-corrected chi connectivity index (χ4v) is 1.84. The van der Waals surface area contributed by atoms with Gasteiger partial charge in [-0.15, -0.1) is 0 Å². The maximum Gasteiger partial charge on any atom is 0.263 e. The zero-order chi connectivity index (χ0) is 10.4. The minimum absolute atomic E-state index is 0.0787. The minimum atomic E-state index is -0.0787. The van der Waals surface area contributed by atoms with Gasteiger partial charge < -0.3 is 9.09 Å². The Balaban J connectivity index is 2.77. The predicted molar refractivity (Wildman–Crippen MR) is 56.8 cm³/mol. The van der Waals surface area contributed by atoms with Crippen LogP contribution in [0.25, 0.3) is 21.8 Å². The van der Waals surface area contributed by atoms with Gasteiger partial charge in [-0.3, -0.25) is 4.79 Å². The first-order valence-corrected chi connectivity index (χ1v) is 4.61. The van der Waals surface area contributed by atoms with Gasteiger partial charge in [0.05, 0.1) is 5.52 Å². The average molecular weight is 200 g/mol. The van der Waals surface area contributed by atoms with Crippen molar-refractivity contribution in [2.45, 2.75) is 0 Å². The van der Waals surface area contributed by atoms with Crippen molar-refractivity contribution in [3.05, 3.63) is 40.9 Å². The average Bonchev–Trinajstić information content (AvgIpc) is 2.75. The molecule has 0 radical (unpaired) electrons. The summed E-state index contributed by atoms with van der Waals surface area (Å²) in [5, 5.41) is 5.32. The van der Waals surface area contributed by atoms with E-state index in [0.717, 1.165) is 10.9 Å². The van der Waals surface area contributed by atoms with Crippen molar-refractivity contribution in [3.8, 4) is 0 Å². The summed E-state index contributed by atoms with van der Waals surface area (Å²) in [4.78, 5) is 11.9.